The number of piperidine rings is 1. The molecule has 2 atom stereocenters. The maximum atomic E-state index is 13.1. The molecule has 5 rings (SSSR count). The van der Waals surface area contributed by atoms with Crippen molar-refractivity contribution in [3.05, 3.63) is 71.1 Å². The fourth-order valence-corrected chi connectivity index (χ4v) is 6.08. The first-order chi connectivity index (χ1) is 21.6. The number of carbonyl (C=O) groups excluding carboxylic acids is 4. The molecule has 0 spiro atoms. The van der Waals surface area contributed by atoms with E-state index in [0.717, 1.165) is 24.0 Å². The SMILES string of the molecule is CC(C)(C)OC(=O)N1CCCC(NC(=O)c2ccc(-c3csc(NC(=O)[C@@H]4CCCN4C(=O)OCc4ccccc4)n3)cc2)C1. The van der Waals surface area contributed by atoms with Crippen molar-refractivity contribution in [1.82, 2.24) is 20.1 Å². The van der Waals surface area contributed by atoms with Crippen molar-refractivity contribution in [3.63, 3.8) is 0 Å². The van der Waals surface area contributed by atoms with E-state index in [0.29, 0.717) is 48.9 Å². The zero-order chi connectivity index (χ0) is 32.0. The quantitative estimate of drug-likeness (QED) is 0.343. The molecule has 2 aromatic carbocycles. The number of thiazole rings is 1. The Balaban J connectivity index is 1.12. The first-order valence-corrected chi connectivity index (χ1v) is 16.1. The molecule has 45 heavy (non-hydrogen) atoms. The van der Waals surface area contributed by atoms with Crippen LogP contribution in [0.5, 0.6) is 0 Å². The minimum Gasteiger partial charge on any atom is -0.445 e. The van der Waals surface area contributed by atoms with Crippen LogP contribution in [0.4, 0.5) is 14.7 Å². The van der Waals surface area contributed by atoms with Crippen LogP contribution in [-0.4, -0.2) is 76.1 Å². The Morgan fingerprint density at radius 2 is 1.69 bits per heavy atom. The molecule has 0 radical (unpaired) electrons. The maximum Gasteiger partial charge on any atom is 0.410 e. The summed E-state index contributed by atoms with van der Waals surface area (Å²) in [6, 6.07) is 15.7. The highest BCUT2D eigenvalue weighted by atomic mass is 32.1. The molecule has 1 unspecified atom stereocenters. The lowest BCUT2D eigenvalue weighted by Crippen LogP contribution is -2.50. The monoisotopic (exact) mass is 633 g/mol. The molecule has 1 aromatic heterocycles. The summed E-state index contributed by atoms with van der Waals surface area (Å²) in [5, 5.41) is 8.14. The highest BCUT2D eigenvalue weighted by Crippen LogP contribution is 2.27. The van der Waals surface area contributed by atoms with Crippen LogP contribution < -0.4 is 10.6 Å². The van der Waals surface area contributed by atoms with Gasteiger partial charge < -0.3 is 25.0 Å². The van der Waals surface area contributed by atoms with E-state index >= 15 is 0 Å². The fourth-order valence-electron chi connectivity index (χ4n) is 5.36. The lowest BCUT2D eigenvalue weighted by atomic mass is 10.0. The minimum absolute atomic E-state index is 0.147. The summed E-state index contributed by atoms with van der Waals surface area (Å²) in [4.78, 5) is 58.9. The van der Waals surface area contributed by atoms with E-state index in [1.54, 1.807) is 17.0 Å². The summed E-state index contributed by atoms with van der Waals surface area (Å²) in [7, 11) is 0. The van der Waals surface area contributed by atoms with E-state index in [4.69, 9.17) is 9.47 Å². The molecule has 4 amide bonds. The number of nitrogens with one attached hydrogen (secondary N) is 2. The van der Waals surface area contributed by atoms with E-state index in [2.05, 4.69) is 15.6 Å². The number of amides is 4. The second kappa shape index (κ2) is 14.1. The van der Waals surface area contributed by atoms with Crippen molar-refractivity contribution in [2.75, 3.05) is 25.0 Å². The number of carbonyl (C=O) groups is 4. The summed E-state index contributed by atoms with van der Waals surface area (Å²) >= 11 is 1.29. The van der Waals surface area contributed by atoms with Gasteiger partial charge in [-0.1, -0.05) is 42.5 Å². The smallest absolute Gasteiger partial charge is 0.410 e. The molecular weight excluding hydrogens is 594 g/mol. The van der Waals surface area contributed by atoms with Gasteiger partial charge in [-0.25, -0.2) is 14.6 Å². The number of aromatic nitrogens is 1. The average Bonchev–Trinajstić information content (AvgIpc) is 3.70. The molecule has 2 aliphatic rings. The summed E-state index contributed by atoms with van der Waals surface area (Å²) in [5.41, 5.74) is 2.26. The first-order valence-electron chi connectivity index (χ1n) is 15.2. The molecule has 0 bridgehead atoms. The van der Waals surface area contributed by atoms with Gasteiger partial charge in [0.25, 0.3) is 5.91 Å². The molecule has 3 heterocycles. The number of likely N-dealkylation sites (tertiary alicyclic amines) is 2. The molecule has 2 aliphatic heterocycles. The predicted octanol–water partition coefficient (Wildman–Crippen LogP) is 5.68. The largest absolute Gasteiger partial charge is 0.445 e. The Morgan fingerprint density at radius 1 is 0.956 bits per heavy atom. The van der Waals surface area contributed by atoms with Crippen molar-refractivity contribution in [3.8, 4) is 11.3 Å². The van der Waals surface area contributed by atoms with Gasteiger partial charge in [0, 0.05) is 42.2 Å². The van der Waals surface area contributed by atoms with Crippen LogP contribution in [0.3, 0.4) is 0 Å². The van der Waals surface area contributed by atoms with Gasteiger partial charge in [-0.2, -0.15) is 0 Å². The molecule has 3 aromatic rings. The van der Waals surface area contributed by atoms with Crippen LogP contribution in [0.1, 0.15) is 62.4 Å². The Kier molecular flexibility index (Phi) is 10.0. The molecular formula is C33H39N5O6S. The third kappa shape index (κ3) is 8.59. The minimum atomic E-state index is -0.626. The zero-order valence-corrected chi connectivity index (χ0v) is 26.6. The highest BCUT2D eigenvalue weighted by molar-refractivity contribution is 7.14. The van der Waals surface area contributed by atoms with Crippen LogP contribution in [0.25, 0.3) is 11.3 Å². The lowest BCUT2D eigenvalue weighted by molar-refractivity contribution is -0.120. The van der Waals surface area contributed by atoms with Crippen LogP contribution >= 0.6 is 11.3 Å². The van der Waals surface area contributed by atoms with Gasteiger partial charge >= 0.3 is 12.2 Å². The zero-order valence-electron chi connectivity index (χ0n) is 25.8. The van der Waals surface area contributed by atoms with E-state index in [1.165, 1.54) is 16.2 Å². The summed E-state index contributed by atoms with van der Waals surface area (Å²) in [6.07, 6.45) is 1.95. The van der Waals surface area contributed by atoms with Crippen LogP contribution in [0, 0.1) is 0 Å². The topological polar surface area (TPSA) is 130 Å². The number of hydrogen-bond acceptors (Lipinski definition) is 8. The fraction of sp³-hybridized carbons (Fsp3) is 0.424. The number of hydrogen-bond donors (Lipinski definition) is 2. The Hall–Kier alpha value is -4.45. The Labute approximate surface area is 266 Å². The molecule has 11 nitrogen and oxygen atoms in total. The van der Waals surface area contributed by atoms with Gasteiger partial charge in [-0.15, -0.1) is 11.3 Å². The van der Waals surface area contributed by atoms with E-state index < -0.39 is 17.7 Å². The van der Waals surface area contributed by atoms with E-state index in [1.807, 2.05) is 68.6 Å². The van der Waals surface area contributed by atoms with Gasteiger partial charge in [-0.05, 0) is 64.2 Å². The molecule has 2 N–H and O–H groups in total. The van der Waals surface area contributed by atoms with Crippen molar-refractivity contribution in [2.45, 2.75) is 70.7 Å². The van der Waals surface area contributed by atoms with Crippen LogP contribution in [-0.2, 0) is 20.9 Å². The van der Waals surface area contributed by atoms with Gasteiger partial charge in [0.2, 0.25) is 5.91 Å². The third-order valence-corrected chi connectivity index (χ3v) is 8.34. The van der Waals surface area contributed by atoms with Gasteiger partial charge in [0.1, 0.15) is 18.2 Å². The van der Waals surface area contributed by atoms with Crippen LogP contribution in [0.15, 0.2) is 60.0 Å². The summed E-state index contributed by atoms with van der Waals surface area (Å²) < 4.78 is 10.9. The number of ether oxygens (including phenoxy) is 2. The molecule has 0 saturated carbocycles. The molecule has 2 fully saturated rings. The number of nitrogens with zero attached hydrogens (tertiary/aromatic N) is 3. The number of anilines is 1. The second-order valence-electron chi connectivity index (χ2n) is 12.2. The maximum absolute atomic E-state index is 13.1. The van der Waals surface area contributed by atoms with Gasteiger partial charge in [0.15, 0.2) is 5.13 Å². The predicted molar refractivity (Wildman–Crippen MR) is 171 cm³/mol. The first kappa shape index (κ1) is 32.0. The van der Waals surface area contributed by atoms with E-state index in [-0.39, 0.29) is 30.6 Å². The van der Waals surface area contributed by atoms with Gasteiger partial charge in [0.05, 0.1) is 5.69 Å². The van der Waals surface area contributed by atoms with Crippen molar-refractivity contribution in [2.24, 2.45) is 0 Å². The van der Waals surface area contributed by atoms with Crippen molar-refractivity contribution < 1.29 is 28.7 Å². The normalized spacial score (nSPS) is 18.3. The van der Waals surface area contributed by atoms with E-state index in [9.17, 15) is 19.2 Å². The standard InChI is InChI=1S/C33H39N5O6S/c1-33(2,3)44-31(41)37-17-7-11-25(19-37)34-28(39)24-15-13-23(14-16-24)26-21-45-30(35-26)36-29(40)27-12-8-18-38(27)32(42)43-20-22-9-5-4-6-10-22/h4-6,9-10,13-16,21,25,27H,7-8,11-12,17-20H2,1-3H3,(H,34,39)(H,35,36,40)/t25?,27-/m0/s1. The summed E-state index contributed by atoms with van der Waals surface area (Å²) in [6.45, 7) is 7.10. The Morgan fingerprint density at radius 3 is 2.42 bits per heavy atom. The lowest BCUT2D eigenvalue weighted by Gasteiger charge is -2.34. The average molecular weight is 634 g/mol. The second-order valence-corrected chi connectivity index (χ2v) is 13.1. The molecule has 238 valence electrons. The molecule has 2 saturated heterocycles. The summed E-state index contributed by atoms with van der Waals surface area (Å²) in [5.74, 6) is -0.516. The number of rotatable bonds is 7. The third-order valence-electron chi connectivity index (χ3n) is 7.58. The van der Waals surface area contributed by atoms with Crippen molar-refractivity contribution >= 4 is 40.5 Å². The number of benzene rings is 2. The van der Waals surface area contributed by atoms with Gasteiger partial charge in [-0.3, -0.25) is 14.5 Å². The van der Waals surface area contributed by atoms with Crippen LogP contribution in [0.2, 0.25) is 0 Å². The van der Waals surface area contributed by atoms with Crippen molar-refractivity contribution in [1.29, 1.82) is 0 Å². The highest BCUT2D eigenvalue weighted by Gasteiger charge is 2.35. The molecule has 0 aliphatic carbocycles. The Bertz CT molecular complexity index is 1500. The molecule has 12 heteroatoms.